The molecule has 1 unspecified atom stereocenters. The highest BCUT2D eigenvalue weighted by atomic mass is 16.5. The number of nitrogens with zero attached hydrogens (tertiary/aromatic N) is 3. The quantitative estimate of drug-likeness (QED) is 0.810. The second kappa shape index (κ2) is 7.66. The molecular weight excluding hydrogens is 330 g/mol. The van der Waals surface area contributed by atoms with Crippen LogP contribution in [0.1, 0.15) is 18.4 Å². The molecule has 3 aliphatic rings. The normalized spacial score (nSPS) is 23.5. The SMILES string of the molecule is O=C(CN1CCN(C(=O)C2COc3ccccc3C2)CC1)N1CCCC1. The monoisotopic (exact) mass is 357 g/mol. The van der Waals surface area contributed by atoms with Gasteiger partial charge in [-0.05, 0) is 30.9 Å². The summed E-state index contributed by atoms with van der Waals surface area (Å²) in [6.07, 6.45) is 3.00. The average Bonchev–Trinajstić information content (AvgIpc) is 3.23. The van der Waals surface area contributed by atoms with E-state index in [0.717, 1.165) is 56.8 Å². The van der Waals surface area contributed by atoms with Crippen molar-refractivity contribution in [3.63, 3.8) is 0 Å². The van der Waals surface area contributed by atoms with Crippen molar-refractivity contribution in [2.24, 2.45) is 5.92 Å². The Morgan fingerprint density at radius 1 is 0.962 bits per heavy atom. The minimum atomic E-state index is -0.0947. The van der Waals surface area contributed by atoms with Crippen molar-refractivity contribution in [2.75, 3.05) is 52.4 Å². The van der Waals surface area contributed by atoms with Gasteiger partial charge in [0.05, 0.1) is 12.5 Å². The van der Waals surface area contributed by atoms with Gasteiger partial charge in [-0.3, -0.25) is 14.5 Å². The van der Waals surface area contributed by atoms with E-state index in [1.807, 2.05) is 34.1 Å². The van der Waals surface area contributed by atoms with Gasteiger partial charge in [-0.25, -0.2) is 0 Å². The van der Waals surface area contributed by atoms with Gasteiger partial charge in [0.15, 0.2) is 0 Å². The third kappa shape index (κ3) is 3.70. The molecule has 2 saturated heterocycles. The van der Waals surface area contributed by atoms with E-state index >= 15 is 0 Å². The molecule has 2 amide bonds. The van der Waals surface area contributed by atoms with E-state index in [2.05, 4.69) is 4.90 Å². The van der Waals surface area contributed by atoms with Crippen LogP contribution < -0.4 is 4.74 Å². The van der Waals surface area contributed by atoms with Crippen molar-refractivity contribution < 1.29 is 14.3 Å². The summed E-state index contributed by atoms with van der Waals surface area (Å²) in [6.45, 7) is 5.70. The summed E-state index contributed by atoms with van der Waals surface area (Å²) in [5, 5.41) is 0. The number of rotatable bonds is 3. The standard InChI is InChI=1S/C20H27N3O3/c24-19(22-7-3-4-8-22)14-21-9-11-23(12-10-21)20(25)17-13-16-5-1-2-6-18(16)26-15-17/h1-2,5-6,17H,3-4,7-15H2. The maximum Gasteiger partial charge on any atom is 0.236 e. The van der Waals surface area contributed by atoms with Crippen LogP contribution in [0.3, 0.4) is 0 Å². The van der Waals surface area contributed by atoms with Gasteiger partial charge in [0.2, 0.25) is 11.8 Å². The number of amides is 2. The lowest BCUT2D eigenvalue weighted by molar-refractivity contribution is -0.139. The van der Waals surface area contributed by atoms with Crippen LogP contribution in [-0.4, -0.2) is 78.9 Å². The minimum Gasteiger partial charge on any atom is -0.492 e. The van der Waals surface area contributed by atoms with Crippen LogP contribution in [0.15, 0.2) is 24.3 Å². The second-order valence-corrected chi connectivity index (χ2v) is 7.51. The number of piperazine rings is 1. The predicted octanol–water partition coefficient (Wildman–Crippen LogP) is 1.00. The van der Waals surface area contributed by atoms with Crippen molar-refractivity contribution in [1.29, 1.82) is 0 Å². The van der Waals surface area contributed by atoms with E-state index in [9.17, 15) is 9.59 Å². The minimum absolute atomic E-state index is 0.0947. The fraction of sp³-hybridized carbons (Fsp3) is 0.600. The van der Waals surface area contributed by atoms with Crippen molar-refractivity contribution in [2.45, 2.75) is 19.3 Å². The highest BCUT2D eigenvalue weighted by Crippen LogP contribution is 2.28. The van der Waals surface area contributed by atoms with E-state index in [-0.39, 0.29) is 17.7 Å². The Hall–Kier alpha value is -2.08. The first-order chi connectivity index (χ1) is 12.7. The molecule has 26 heavy (non-hydrogen) atoms. The molecule has 0 spiro atoms. The molecular formula is C20H27N3O3. The number of ether oxygens (including phenoxy) is 1. The van der Waals surface area contributed by atoms with Gasteiger partial charge in [0, 0.05) is 39.3 Å². The average molecular weight is 357 g/mol. The Kier molecular flexibility index (Phi) is 5.11. The van der Waals surface area contributed by atoms with Crippen LogP contribution in [0.4, 0.5) is 0 Å². The van der Waals surface area contributed by atoms with Crippen LogP contribution in [0.2, 0.25) is 0 Å². The van der Waals surface area contributed by atoms with E-state index in [1.54, 1.807) is 0 Å². The summed E-state index contributed by atoms with van der Waals surface area (Å²) in [6, 6.07) is 7.96. The van der Waals surface area contributed by atoms with Gasteiger partial charge in [0.1, 0.15) is 12.4 Å². The van der Waals surface area contributed by atoms with E-state index in [1.165, 1.54) is 0 Å². The first kappa shape index (κ1) is 17.3. The van der Waals surface area contributed by atoms with Gasteiger partial charge in [-0.15, -0.1) is 0 Å². The summed E-state index contributed by atoms with van der Waals surface area (Å²) in [5.74, 6) is 1.23. The molecule has 0 aliphatic carbocycles. The van der Waals surface area contributed by atoms with Crippen LogP contribution in [0.5, 0.6) is 5.75 Å². The molecule has 0 N–H and O–H groups in total. The third-order valence-electron chi connectivity index (χ3n) is 5.73. The summed E-state index contributed by atoms with van der Waals surface area (Å²) in [4.78, 5) is 31.2. The molecule has 3 aliphatic heterocycles. The molecule has 0 saturated carbocycles. The Labute approximate surface area is 154 Å². The lowest BCUT2D eigenvalue weighted by Gasteiger charge is -2.37. The Morgan fingerprint density at radius 3 is 2.46 bits per heavy atom. The number of likely N-dealkylation sites (tertiary alicyclic amines) is 1. The van der Waals surface area contributed by atoms with Gasteiger partial charge in [0.25, 0.3) is 0 Å². The molecule has 4 rings (SSSR count). The smallest absolute Gasteiger partial charge is 0.236 e. The number of hydrogen-bond acceptors (Lipinski definition) is 4. The fourth-order valence-electron chi connectivity index (χ4n) is 4.13. The van der Waals surface area contributed by atoms with Gasteiger partial charge in [-0.2, -0.15) is 0 Å². The highest BCUT2D eigenvalue weighted by molar-refractivity contribution is 5.80. The van der Waals surface area contributed by atoms with Gasteiger partial charge < -0.3 is 14.5 Å². The molecule has 6 heteroatoms. The number of benzene rings is 1. The third-order valence-corrected chi connectivity index (χ3v) is 5.73. The zero-order valence-corrected chi connectivity index (χ0v) is 15.2. The lowest BCUT2D eigenvalue weighted by Crippen LogP contribution is -2.53. The molecule has 1 aromatic carbocycles. The van der Waals surface area contributed by atoms with Crippen LogP contribution in [0, 0.1) is 5.92 Å². The van der Waals surface area contributed by atoms with Crippen LogP contribution in [-0.2, 0) is 16.0 Å². The molecule has 0 aromatic heterocycles. The summed E-state index contributed by atoms with van der Waals surface area (Å²) >= 11 is 0. The first-order valence-electron chi connectivity index (χ1n) is 9.70. The molecule has 140 valence electrons. The Balaban J connectivity index is 1.27. The second-order valence-electron chi connectivity index (χ2n) is 7.51. The van der Waals surface area contributed by atoms with Crippen molar-refractivity contribution >= 4 is 11.8 Å². The van der Waals surface area contributed by atoms with Gasteiger partial charge in [-0.1, -0.05) is 18.2 Å². The molecule has 3 heterocycles. The lowest BCUT2D eigenvalue weighted by atomic mass is 9.95. The summed E-state index contributed by atoms with van der Waals surface area (Å²) in [5.41, 5.74) is 1.12. The molecule has 1 atom stereocenters. The fourth-order valence-corrected chi connectivity index (χ4v) is 4.13. The number of para-hydroxylation sites is 1. The molecule has 1 aromatic rings. The summed E-state index contributed by atoms with van der Waals surface area (Å²) < 4.78 is 5.77. The zero-order valence-electron chi connectivity index (χ0n) is 15.2. The molecule has 2 fully saturated rings. The predicted molar refractivity (Wildman–Crippen MR) is 98.0 cm³/mol. The van der Waals surface area contributed by atoms with E-state index < -0.39 is 0 Å². The van der Waals surface area contributed by atoms with Crippen LogP contribution >= 0.6 is 0 Å². The zero-order chi connectivity index (χ0) is 17.9. The molecule has 0 radical (unpaired) electrons. The van der Waals surface area contributed by atoms with E-state index in [4.69, 9.17) is 4.74 Å². The maximum absolute atomic E-state index is 12.9. The number of carbonyl (C=O) groups excluding carboxylic acids is 2. The Morgan fingerprint density at radius 2 is 1.69 bits per heavy atom. The molecule has 0 bridgehead atoms. The largest absolute Gasteiger partial charge is 0.492 e. The summed E-state index contributed by atoms with van der Waals surface area (Å²) in [7, 11) is 0. The van der Waals surface area contributed by atoms with Crippen molar-refractivity contribution in [1.82, 2.24) is 14.7 Å². The number of fused-ring (bicyclic) bond motifs is 1. The maximum atomic E-state index is 12.9. The molecule has 6 nitrogen and oxygen atoms in total. The van der Waals surface area contributed by atoms with Crippen molar-refractivity contribution in [3.05, 3.63) is 29.8 Å². The number of carbonyl (C=O) groups is 2. The van der Waals surface area contributed by atoms with Crippen molar-refractivity contribution in [3.8, 4) is 5.75 Å². The van der Waals surface area contributed by atoms with Gasteiger partial charge >= 0.3 is 0 Å². The number of hydrogen-bond donors (Lipinski definition) is 0. The van der Waals surface area contributed by atoms with E-state index in [0.29, 0.717) is 26.2 Å². The topological polar surface area (TPSA) is 53.1 Å². The van der Waals surface area contributed by atoms with Crippen LogP contribution in [0.25, 0.3) is 0 Å². The Bertz CT molecular complexity index is 664. The first-order valence-corrected chi connectivity index (χ1v) is 9.70. The highest BCUT2D eigenvalue weighted by Gasteiger charge is 2.32.